The highest BCUT2D eigenvalue weighted by molar-refractivity contribution is 5.76. The highest BCUT2D eigenvalue weighted by atomic mass is 16.2. The largest absolute Gasteiger partial charge is 0.339 e. The number of likely N-dealkylation sites (tertiary alicyclic amines) is 1. The summed E-state index contributed by atoms with van der Waals surface area (Å²) < 4.78 is 0. The Morgan fingerprint density at radius 1 is 1.05 bits per heavy atom. The number of nitrogens with one attached hydrogen (secondary N) is 1. The molecule has 1 saturated carbocycles. The Labute approximate surface area is 117 Å². The lowest BCUT2D eigenvalue weighted by Gasteiger charge is -2.32. The maximum absolute atomic E-state index is 12.5. The summed E-state index contributed by atoms with van der Waals surface area (Å²) in [5.41, 5.74) is 0. The molecule has 3 rings (SSSR count). The number of rotatable bonds is 3. The summed E-state index contributed by atoms with van der Waals surface area (Å²) >= 11 is 0. The quantitative estimate of drug-likeness (QED) is 0.849. The minimum absolute atomic E-state index is 0.452. The number of carbonyl (C=O) groups excluding carboxylic acids is 1. The van der Waals surface area contributed by atoms with E-state index in [1.807, 2.05) is 0 Å². The van der Waals surface area contributed by atoms with Gasteiger partial charge in [-0.1, -0.05) is 12.8 Å². The van der Waals surface area contributed by atoms with Crippen molar-refractivity contribution < 1.29 is 4.79 Å². The molecule has 0 aromatic carbocycles. The summed E-state index contributed by atoms with van der Waals surface area (Å²) in [6, 6.07) is 0.606. The van der Waals surface area contributed by atoms with Gasteiger partial charge in [-0.15, -0.1) is 0 Å². The first-order valence-electron chi connectivity index (χ1n) is 8.35. The Balaban J connectivity index is 1.47. The molecule has 0 spiro atoms. The maximum atomic E-state index is 12.5. The number of hydrogen-bond acceptors (Lipinski definition) is 2. The SMILES string of the molecule is O=C(CCC1CCNCC1)N1CCC2CCCCC21. The van der Waals surface area contributed by atoms with Crippen LogP contribution >= 0.6 is 0 Å². The molecule has 2 aliphatic heterocycles. The third kappa shape index (κ3) is 3.13. The van der Waals surface area contributed by atoms with E-state index in [0.717, 1.165) is 44.3 Å². The summed E-state index contributed by atoms with van der Waals surface area (Å²) in [5.74, 6) is 2.07. The first-order chi connectivity index (χ1) is 9.34. The predicted octanol–water partition coefficient (Wildman–Crippen LogP) is 2.56. The fourth-order valence-corrected chi connectivity index (χ4v) is 4.36. The summed E-state index contributed by atoms with van der Waals surface area (Å²) in [6.07, 6.45) is 11.1. The molecule has 3 heteroatoms. The van der Waals surface area contributed by atoms with Gasteiger partial charge in [0.25, 0.3) is 0 Å². The van der Waals surface area contributed by atoms with Gasteiger partial charge in [-0.2, -0.15) is 0 Å². The van der Waals surface area contributed by atoms with Crippen molar-refractivity contribution in [3.8, 4) is 0 Å². The van der Waals surface area contributed by atoms with Crippen LogP contribution < -0.4 is 5.32 Å². The second-order valence-electron chi connectivity index (χ2n) is 6.72. The van der Waals surface area contributed by atoms with Gasteiger partial charge in [0.2, 0.25) is 5.91 Å². The third-order valence-electron chi connectivity index (χ3n) is 5.56. The van der Waals surface area contributed by atoms with Crippen molar-refractivity contribution in [1.82, 2.24) is 10.2 Å². The average Bonchev–Trinajstić information content (AvgIpc) is 2.90. The van der Waals surface area contributed by atoms with Gasteiger partial charge in [0.1, 0.15) is 0 Å². The Bertz CT molecular complexity index is 312. The minimum Gasteiger partial charge on any atom is -0.339 e. The van der Waals surface area contributed by atoms with Crippen LogP contribution in [0.3, 0.4) is 0 Å². The topological polar surface area (TPSA) is 32.3 Å². The number of amides is 1. The van der Waals surface area contributed by atoms with Crippen LogP contribution in [-0.2, 0) is 4.79 Å². The van der Waals surface area contributed by atoms with Crippen LogP contribution in [0.1, 0.15) is 57.8 Å². The number of piperidine rings is 1. The Kier molecular flexibility index (Phi) is 4.42. The van der Waals surface area contributed by atoms with Crippen LogP contribution in [0.5, 0.6) is 0 Å². The second kappa shape index (κ2) is 6.25. The van der Waals surface area contributed by atoms with E-state index < -0.39 is 0 Å². The van der Waals surface area contributed by atoms with Gasteiger partial charge in [-0.25, -0.2) is 0 Å². The zero-order valence-corrected chi connectivity index (χ0v) is 12.1. The van der Waals surface area contributed by atoms with Crippen molar-refractivity contribution in [2.45, 2.75) is 63.8 Å². The predicted molar refractivity (Wildman–Crippen MR) is 76.9 cm³/mol. The van der Waals surface area contributed by atoms with E-state index in [-0.39, 0.29) is 0 Å². The first kappa shape index (κ1) is 13.4. The molecule has 108 valence electrons. The molecule has 19 heavy (non-hydrogen) atoms. The summed E-state index contributed by atoms with van der Waals surface area (Å²) in [4.78, 5) is 14.7. The molecule has 0 aromatic heterocycles. The van der Waals surface area contributed by atoms with E-state index >= 15 is 0 Å². The van der Waals surface area contributed by atoms with Crippen LogP contribution in [-0.4, -0.2) is 36.5 Å². The van der Waals surface area contributed by atoms with E-state index in [4.69, 9.17) is 0 Å². The number of nitrogens with zero attached hydrogens (tertiary/aromatic N) is 1. The Morgan fingerprint density at radius 3 is 2.68 bits per heavy atom. The number of fused-ring (bicyclic) bond motifs is 1. The lowest BCUT2D eigenvalue weighted by molar-refractivity contribution is -0.133. The van der Waals surface area contributed by atoms with Gasteiger partial charge in [-0.05, 0) is 63.5 Å². The Morgan fingerprint density at radius 2 is 1.84 bits per heavy atom. The summed E-state index contributed by atoms with van der Waals surface area (Å²) in [6.45, 7) is 3.33. The standard InChI is InChI=1S/C16H28N2O/c19-16(6-5-13-7-10-17-11-8-13)18-12-9-14-3-1-2-4-15(14)18/h13-15,17H,1-12H2. The molecule has 0 bridgehead atoms. The highest BCUT2D eigenvalue weighted by Gasteiger charge is 2.37. The molecule has 3 nitrogen and oxygen atoms in total. The van der Waals surface area contributed by atoms with Crippen molar-refractivity contribution in [1.29, 1.82) is 0 Å². The molecule has 2 saturated heterocycles. The van der Waals surface area contributed by atoms with E-state index in [9.17, 15) is 4.79 Å². The van der Waals surface area contributed by atoms with Crippen molar-refractivity contribution in [2.75, 3.05) is 19.6 Å². The molecular formula is C16H28N2O. The van der Waals surface area contributed by atoms with Crippen LogP contribution in [0.2, 0.25) is 0 Å². The van der Waals surface area contributed by atoms with Crippen LogP contribution in [0.4, 0.5) is 0 Å². The molecule has 0 aromatic rings. The van der Waals surface area contributed by atoms with Crippen molar-refractivity contribution in [3.63, 3.8) is 0 Å². The van der Waals surface area contributed by atoms with Crippen molar-refractivity contribution >= 4 is 5.91 Å². The first-order valence-corrected chi connectivity index (χ1v) is 8.35. The molecule has 2 heterocycles. The van der Waals surface area contributed by atoms with Crippen LogP contribution in [0.15, 0.2) is 0 Å². The van der Waals surface area contributed by atoms with Crippen LogP contribution in [0.25, 0.3) is 0 Å². The molecule has 3 fully saturated rings. The number of hydrogen-bond donors (Lipinski definition) is 1. The third-order valence-corrected chi connectivity index (χ3v) is 5.56. The van der Waals surface area contributed by atoms with Crippen LogP contribution in [0, 0.1) is 11.8 Å². The number of carbonyl (C=O) groups is 1. The smallest absolute Gasteiger partial charge is 0.222 e. The molecule has 2 atom stereocenters. The fourth-order valence-electron chi connectivity index (χ4n) is 4.36. The molecule has 1 amide bonds. The van der Waals surface area contributed by atoms with Gasteiger partial charge in [0, 0.05) is 19.0 Å². The lowest BCUT2D eigenvalue weighted by atomic mass is 9.85. The van der Waals surface area contributed by atoms with E-state index in [1.165, 1.54) is 44.9 Å². The molecular weight excluding hydrogens is 236 g/mol. The zero-order chi connectivity index (χ0) is 13.1. The second-order valence-corrected chi connectivity index (χ2v) is 6.72. The Hall–Kier alpha value is -0.570. The van der Waals surface area contributed by atoms with E-state index in [0.29, 0.717) is 11.9 Å². The molecule has 2 unspecified atom stereocenters. The van der Waals surface area contributed by atoms with Crippen molar-refractivity contribution in [3.05, 3.63) is 0 Å². The van der Waals surface area contributed by atoms with E-state index in [2.05, 4.69) is 10.2 Å². The highest BCUT2D eigenvalue weighted by Crippen LogP contribution is 2.36. The van der Waals surface area contributed by atoms with Gasteiger partial charge < -0.3 is 10.2 Å². The fraction of sp³-hybridized carbons (Fsp3) is 0.938. The molecule has 3 aliphatic rings. The lowest BCUT2D eigenvalue weighted by Crippen LogP contribution is -2.39. The minimum atomic E-state index is 0.452. The normalized spacial score (nSPS) is 32.3. The van der Waals surface area contributed by atoms with Gasteiger partial charge in [0.05, 0.1) is 0 Å². The molecule has 0 radical (unpaired) electrons. The summed E-state index contributed by atoms with van der Waals surface area (Å²) in [7, 11) is 0. The maximum Gasteiger partial charge on any atom is 0.222 e. The molecule has 1 N–H and O–H groups in total. The zero-order valence-electron chi connectivity index (χ0n) is 12.1. The van der Waals surface area contributed by atoms with E-state index in [1.54, 1.807) is 0 Å². The van der Waals surface area contributed by atoms with Gasteiger partial charge in [-0.3, -0.25) is 4.79 Å². The van der Waals surface area contributed by atoms with Gasteiger partial charge in [0.15, 0.2) is 0 Å². The monoisotopic (exact) mass is 264 g/mol. The average molecular weight is 264 g/mol. The summed E-state index contributed by atoms with van der Waals surface area (Å²) in [5, 5.41) is 3.40. The van der Waals surface area contributed by atoms with Gasteiger partial charge >= 0.3 is 0 Å². The molecule has 1 aliphatic carbocycles. The van der Waals surface area contributed by atoms with Crippen molar-refractivity contribution in [2.24, 2.45) is 11.8 Å².